The molecule has 19 heavy (non-hydrogen) atoms. The normalized spacial score (nSPS) is 15.2. The molecule has 1 saturated carbocycles. The number of nitrogens with one attached hydrogen (secondary N) is 1. The predicted octanol–water partition coefficient (Wildman–Crippen LogP) is 2.41. The highest BCUT2D eigenvalue weighted by Gasteiger charge is 2.29. The van der Waals surface area contributed by atoms with Gasteiger partial charge in [-0.2, -0.15) is 0 Å². The number of carbonyl (C=O) groups is 1. The molecule has 0 spiro atoms. The van der Waals surface area contributed by atoms with Crippen LogP contribution in [0.2, 0.25) is 0 Å². The number of amides is 1. The number of hydrogen-bond donors (Lipinski definition) is 1. The van der Waals surface area contributed by atoms with Crippen molar-refractivity contribution in [1.82, 2.24) is 10.2 Å². The van der Waals surface area contributed by atoms with Crippen molar-refractivity contribution in [2.45, 2.75) is 45.7 Å². The molecule has 1 amide bonds. The largest absolute Gasteiger partial charge is 0.467 e. The highest BCUT2D eigenvalue weighted by Crippen LogP contribution is 2.27. The first kappa shape index (κ1) is 14.1. The Morgan fingerprint density at radius 1 is 1.53 bits per heavy atom. The first-order valence-corrected chi connectivity index (χ1v) is 7.18. The minimum Gasteiger partial charge on any atom is -0.467 e. The van der Waals surface area contributed by atoms with E-state index in [-0.39, 0.29) is 5.91 Å². The third-order valence-corrected chi connectivity index (χ3v) is 3.44. The summed E-state index contributed by atoms with van der Waals surface area (Å²) >= 11 is 0. The molecule has 1 aromatic rings. The van der Waals surface area contributed by atoms with Crippen LogP contribution in [0, 0.1) is 5.92 Å². The van der Waals surface area contributed by atoms with Crippen LogP contribution in [-0.4, -0.2) is 29.9 Å². The Hall–Kier alpha value is -1.29. The molecule has 0 radical (unpaired) electrons. The third-order valence-electron chi connectivity index (χ3n) is 3.44. The van der Waals surface area contributed by atoms with Crippen LogP contribution in [0.4, 0.5) is 0 Å². The molecule has 2 rings (SSSR count). The molecule has 106 valence electrons. The van der Waals surface area contributed by atoms with E-state index in [0.29, 0.717) is 25.0 Å². The lowest BCUT2D eigenvalue weighted by molar-refractivity contribution is -0.122. The second-order valence-electron chi connectivity index (χ2n) is 5.74. The SMILES string of the molecule is CC(C)CCN(CC(=O)NCc1ccco1)C1CC1. The van der Waals surface area contributed by atoms with E-state index in [4.69, 9.17) is 4.42 Å². The quantitative estimate of drug-likeness (QED) is 0.784. The fourth-order valence-corrected chi connectivity index (χ4v) is 2.09. The molecule has 0 unspecified atom stereocenters. The zero-order valence-electron chi connectivity index (χ0n) is 11.9. The van der Waals surface area contributed by atoms with Gasteiger partial charge in [0.2, 0.25) is 5.91 Å². The molecule has 1 aromatic heterocycles. The molecule has 4 heteroatoms. The maximum absolute atomic E-state index is 11.9. The Morgan fingerprint density at radius 3 is 2.89 bits per heavy atom. The van der Waals surface area contributed by atoms with Crippen LogP contribution in [0.5, 0.6) is 0 Å². The average molecular weight is 264 g/mol. The van der Waals surface area contributed by atoms with Crippen LogP contribution >= 0.6 is 0 Å². The molecule has 0 atom stereocenters. The second kappa shape index (κ2) is 6.75. The van der Waals surface area contributed by atoms with Crippen molar-refractivity contribution in [3.05, 3.63) is 24.2 Å². The van der Waals surface area contributed by atoms with Crippen LogP contribution in [0.1, 0.15) is 38.9 Å². The summed E-state index contributed by atoms with van der Waals surface area (Å²) in [6, 6.07) is 4.34. The summed E-state index contributed by atoms with van der Waals surface area (Å²) in [4.78, 5) is 14.2. The lowest BCUT2D eigenvalue weighted by atomic mass is 10.1. The molecule has 1 aliphatic carbocycles. The molecule has 1 aliphatic rings. The summed E-state index contributed by atoms with van der Waals surface area (Å²) in [7, 11) is 0. The predicted molar refractivity (Wildman–Crippen MR) is 74.6 cm³/mol. The van der Waals surface area contributed by atoms with Gasteiger partial charge < -0.3 is 9.73 Å². The summed E-state index contributed by atoms with van der Waals surface area (Å²) in [6.07, 6.45) is 5.26. The van der Waals surface area contributed by atoms with Gasteiger partial charge in [0.1, 0.15) is 5.76 Å². The maximum Gasteiger partial charge on any atom is 0.234 e. The molecular formula is C15H24N2O2. The van der Waals surface area contributed by atoms with E-state index in [2.05, 4.69) is 24.1 Å². The molecule has 1 N–H and O–H groups in total. The molecular weight excluding hydrogens is 240 g/mol. The van der Waals surface area contributed by atoms with E-state index >= 15 is 0 Å². The lowest BCUT2D eigenvalue weighted by Crippen LogP contribution is -2.39. The number of furan rings is 1. The van der Waals surface area contributed by atoms with Gasteiger partial charge in [-0.25, -0.2) is 0 Å². The van der Waals surface area contributed by atoms with Gasteiger partial charge in [0.15, 0.2) is 0 Å². The number of carbonyl (C=O) groups excluding carboxylic acids is 1. The standard InChI is InChI=1S/C15H24N2O2/c1-12(2)7-8-17(13-5-6-13)11-15(18)16-10-14-4-3-9-19-14/h3-4,9,12-13H,5-8,10-11H2,1-2H3,(H,16,18). The summed E-state index contributed by atoms with van der Waals surface area (Å²) in [5.41, 5.74) is 0. The number of nitrogens with zero attached hydrogens (tertiary/aromatic N) is 1. The van der Waals surface area contributed by atoms with Crippen molar-refractivity contribution in [2.75, 3.05) is 13.1 Å². The highest BCUT2D eigenvalue weighted by atomic mass is 16.3. The van der Waals surface area contributed by atoms with E-state index < -0.39 is 0 Å². The van der Waals surface area contributed by atoms with E-state index in [9.17, 15) is 4.79 Å². The van der Waals surface area contributed by atoms with Gasteiger partial charge in [-0.05, 0) is 43.9 Å². The Labute approximate surface area is 115 Å². The van der Waals surface area contributed by atoms with Crippen molar-refractivity contribution in [1.29, 1.82) is 0 Å². The topological polar surface area (TPSA) is 45.5 Å². The van der Waals surface area contributed by atoms with Gasteiger partial charge in [0, 0.05) is 6.04 Å². The molecule has 4 nitrogen and oxygen atoms in total. The molecule has 0 bridgehead atoms. The zero-order chi connectivity index (χ0) is 13.7. The third kappa shape index (κ3) is 5.07. The fraction of sp³-hybridized carbons (Fsp3) is 0.667. The van der Waals surface area contributed by atoms with E-state index in [1.165, 1.54) is 12.8 Å². The van der Waals surface area contributed by atoms with Crippen molar-refractivity contribution in [3.8, 4) is 0 Å². The smallest absolute Gasteiger partial charge is 0.234 e. The Kier molecular flexibility index (Phi) is 5.02. The van der Waals surface area contributed by atoms with Crippen LogP contribution in [-0.2, 0) is 11.3 Å². The highest BCUT2D eigenvalue weighted by molar-refractivity contribution is 5.78. The van der Waals surface area contributed by atoms with E-state index in [1.807, 2.05) is 12.1 Å². The van der Waals surface area contributed by atoms with Crippen LogP contribution < -0.4 is 5.32 Å². The van der Waals surface area contributed by atoms with Crippen molar-refractivity contribution >= 4 is 5.91 Å². The van der Waals surface area contributed by atoms with Crippen molar-refractivity contribution in [2.24, 2.45) is 5.92 Å². The lowest BCUT2D eigenvalue weighted by Gasteiger charge is -2.22. The van der Waals surface area contributed by atoms with Crippen LogP contribution in [0.25, 0.3) is 0 Å². The first-order chi connectivity index (χ1) is 9.15. The van der Waals surface area contributed by atoms with Crippen LogP contribution in [0.15, 0.2) is 22.8 Å². The Bertz CT molecular complexity index is 383. The van der Waals surface area contributed by atoms with Gasteiger partial charge in [0.05, 0.1) is 19.4 Å². The molecule has 0 aliphatic heterocycles. The Morgan fingerprint density at radius 2 is 2.32 bits per heavy atom. The summed E-state index contributed by atoms with van der Waals surface area (Å²) in [5.74, 6) is 1.58. The van der Waals surface area contributed by atoms with Gasteiger partial charge >= 0.3 is 0 Å². The van der Waals surface area contributed by atoms with Gasteiger partial charge in [-0.1, -0.05) is 13.8 Å². The summed E-state index contributed by atoms with van der Waals surface area (Å²) in [5, 5.41) is 2.91. The van der Waals surface area contributed by atoms with Crippen LogP contribution in [0.3, 0.4) is 0 Å². The zero-order valence-corrected chi connectivity index (χ0v) is 11.9. The second-order valence-corrected chi connectivity index (χ2v) is 5.74. The van der Waals surface area contributed by atoms with Crippen molar-refractivity contribution in [3.63, 3.8) is 0 Å². The van der Waals surface area contributed by atoms with Gasteiger partial charge in [-0.15, -0.1) is 0 Å². The molecule has 1 heterocycles. The maximum atomic E-state index is 11.9. The van der Waals surface area contributed by atoms with E-state index in [0.717, 1.165) is 18.7 Å². The summed E-state index contributed by atoms with van der Waals surface area (Å²) < 4.78 is 5.20. The first-order valence-electron chi connectivity index (χ1n) is 7.18. The number of rotatable bonds is 8. The molecule has 0 saturated heterocycles. The monoisotopic (exact) mass is 264 g/mol. The summed E-state index contributed by atoms with van der Waals surface area (Å²) in [6.45, 7) is 6.47. The van der Waals surface area contributed by atoms with Gasteiger partial charge in [-0.3, -0.25) is 9.69 Å². The fourth-order valence-electron chi connectivity index (χ4n) is 2.09. The molecule has 0 aromatic carbocycles. The minimum atomic E-state index is 0.0899. The minimum absolute atomic E-state index is 0.0899. The van der Waals surface area contributed by atoms with Gasteiger partial charge in [0.25, 0.3) is 0 Å². The Balaban J connectivity index is 1.71. The molecule has 1 fully saturated rings. The average Bonchev–Trinajstić information content (AvgIpc) is 3.08. The van der Waals surface area contributed by atoms with Crippen molar-refractivity contribution < 1.29 is 9.21 Å². The number of hydrogen-bond acceptors (Lipinski definition) is 3. The van der Waals surface area contributed by atoms with E-state index in [1.54, 1.807) is 6.26 Å².